The van der Waals surface area contributed by atoms with Gasteiger partial charge in [0.2, 0.25) is 17.7 Å². The molecule has 36 heavy (non-hydrogen) atoms. The van der Waals surface area contributed by atoms with E-state index < -0.39 is 30.0 Å². The molecule has 1 fully saturated rings. The zero-order valence-electron chi connectivity index (χ0n) is 20.1. The Morgan fingerprint density at radius 1 is 1.11 bits per heavy atom. The number of aliphatic hydroxyl groups is 1. The highest BCUT2D eigenvalue weighted by molar-refractivity contribution is 5.89. The van der Waals surface area contributed by atoms with Gasteiger partial charge in [0.15, 0.2) is 6.10 Å². The van der Waals surface area contributed by atoms with Crippen LogP contribution in [-0.4, -0.2) is 47.6 Å². The molecule has 8 heteroatoms. The number of nitrogens with one attached hydrogen (secondary N) is 3. The van der Waals surface area contributed by atoms with Gasteiger partial charge in [0.1, 0.15) is 6.04 Å². The van der Waals surface area contributed by atoms with E-state index in [4.69, 9.17) is 0 Å². The zero-order valence-corrected chi connectivity index (χ0v) is 20.1. The first kappa shape index (κ1) is 26.6. The standard InChI is InChI=1S/C28H32N4O4/c29-19-25(33)23(18-22-14-8-16-30-27(22)35)32-28(36)24(17-21-11-5-2-6-12-21)31-26(34)15-7-13-20-9-3-1-4-10-20/h1-7,9-13,22-25,33H,8,14-18H2,(H,30,35)(H,31,34)(H,32,36)/b13-7+/t22-,23-,24+,25?/m1/s1. The number of piperidine rings is 1. The summed E-state index contributed by atoms with van der Waals surface area (Å²) in [5, 5.41) is 27.8. The molecule has 4 N–H and O–H groups in total. The van der Waals surface area contributed by atoms with E-state index in [9.17, 15) is 24.8 Å². The number of carbonyl (C=O) groups excluding carboxylic acids is 3. The van der Waals surface area contributed by atoms with Crippen LogP contribution in [0.5, 0.6) is 0 Å². The summed E-state index contributed by atoms with van der Waals surface area (Å²) in [5.41, 5.74) is 1.81. The van der Waals surface area contributed by atoms with E-state index in [0.717, 1.165) is 17.5 Å². The summed E-state index contributed by atoms with van der Waals surface area (Å²) in [6, 6.07) is 18.7. The molecular weight excluding hydrogens is 456 g/mol. The SMILES string of the molecule is N#CC(O)[C@@H](C[C@H]1CCCNC1=O)NC(=O)[C@H](Cc1ccccc1)NC(=O)C/C=C/c1ccccc1. The summed E-state index contributed by atoms with van der Waals surface area (Å²) in [4.78, 5) is 38.1. The molecule has 2 aromatic carbocycles. The Hall–Kier alpha value is -3.96. The Bertz CT molecular complexity index is 1080. The van der Waals surface area contributed by atoms with E-state index in [1.165, 1.54) is 0 Å². The number of amides is 3. The molecule has 1 unspecified atom stereocenters. The maximum absolute atomic E-state index is 13.3. The van der Waals surface area contributed by atoms with Crippen molar-refractivity contribution in [2.45, 2.75) is 50.3 Å². The molecule has 1 heterocycles. The number of nitriles is 1. The summed E-state index contributed by atoms with van der Waals surface area (Å²) >= 11 is 0. The maximum Gasteiger partial charge on any atom is 0.243 e. The minimum atomic E-state index is -1.48. The van der Waals surface area contributed by atoms with E-state index in [-0.39, 0.29) is 31.1 Å². The van der Waals surface area contributed by atoms with Gasteiger partial charge in [0, 0.05) is 25.3 Å². The van der Waals surface area contributed by atoms with Crippen molar-refractivity contribution in [3.8, 4) is 6.07 Å². The summed E-state index contributed by atoms with van der Waals surface area (Å²) in [5.74, 6) is -1.40. The first-order valence-electron chi connectivity index (χ1n) is 12.2. The minimum Gasteiger partial charge on any atom is -0.376 e. The molecule has 0 radical (unpaired) electrons. The molecule has 1 aliphatic heterocycles. The highest BCUT2D eigenvalue weighted by Crippen LogP contribution is 2.19. The second-order valence-electron chi connectivity index (χ2n) is 8.88. The monoisotopic (exact) mass is 488 g/mol. The van der Waals surface area contributed by atoms with E-state index in [2.05, 4.69) is 16.0 Å². The topological polar surface area (TPSA) is 131 Å². The van der Waals surface area contributed by atoms with Gasteiger partial charge in [-0.3, -0.25) is 14.4 Å². The number of benzene rings is 2. The lowest BCUT2D eigenvalue weighted by molar-refractivity contribution is -0.130. The van der Waals surface area contributed by atoms with Gasteiger partial charge in [-0.15, -0.1) is 0 Å². The van der Waals surface area contributed by atoms with Crippen LogP contribution < -0.4 is 16.0 Å². The third kappa shape index (κ3) is 8.36. The fourth-order valence-electron chi connectivity index (χ4n) is 4.19. The molecule has 3 rings (SSSR count). The average molecular weight is 489 g/mol. The van der Waals surface area contributed by atoms with E-state index in [1.807, 2.05) is 66.7 Å². The normalized spacial score (nSPS) is 17.9. The van der Waals surface area contributed by atoms with Gasteiger partial charge in [-0.25, -0.2) is 0 Å². The third-order valence-electron chi connectivity index (χ3n) is 6.13. The number of hydrogen-bond acceptors (Lipinski definition) is 5. The Morgan fingerprint density at radius 2 is 1.81 bits per heavy atom. The first-order valence-corrected chi connectivity index (χ1v) is 12.2. The van der Waals surface area contributed by atoms with Crippen molar-refractivity contribution in [1.29, 1.82) is 5.26 Å². The zero-order chi connectivity index (χ0) is 25.8. The predicted molar refractivity (Wildman–Crippen MR) is 136 cm³/mol. The van der Waals surface area contributed by atoms with Crippen molar-refractivity contribution >= 4 is 23.8 Å². The minimum absolute atomic E-state index is 0.0833. The molecule has 0 aliphatic carbocycles. The molecule has 188 valence electrons. The van der Waals surface area contributed by atoms with Crippen molar-refractivity contribution in [3.63, 3.8) is 0 Å². The summed E-state index contributed by atoms with van der Waals surface area (Å²) < 4.78 is 0. The van der Waals surface area contributed by atoms with E-state index in [1.54, 1.807) is 12.1 Å². The summed E-state index contributed by atoms with van der Waals surface area (Å²) in [7, 11) is 0. The van der Waals surface area contributed by atoms with Crippen LogP contribution in [0.2, 0.25) is 0 Å². The Labute approximate surface area is 211 Å². The van der Waals surface area contributed by atoms with Crippen LogP contribution in [0, 0.1) is 17.2 Å². The quantitative estimate of drug-likeness (QED) is 0.360. The maximum atomic E-state index is 13.3. The first-order chi connectivity index (χ1) is 17.5. The highest BCUT2D eigenvalue weighted by atomic mass is 16.3. The lowest BCUT2D eigenvalue weighted by Crippen LogP contribution is -2.54. The van der Waals surface area contributed by atoms with E-state index in [0.29, 0.717) is 13.0 Å². The van der Waals surface area contributed by atoms with Crippen molar-refractivity contribution in [2.75, 3.05) is 6.54 Å². The molecule has 0 saturated carbocycles. The molecule has 3 amide bonds. The molecule has 1 saturated heterocycles. The summed E-state index contributed by atoms with van der Waals surface area (Å²) in [6.07, 6.45) is 3.95. The van der Waals surface area contributed by atoms with Crippen molar-refractivity contribution in [2.24, 2.45) is 5.92 Å². The van der Waals surface area contributed by atoms with Crippen molar-refractivity contribution in [3.05, 3.63) is 77.9 Å². The van der Waals surface area contributed by atoms with Crippen LogP contribution in [0.4, 0.5) is 0 Å². The second-order valence-corrected chi connectivity index (χ2v) is 8.88. The molecule has 0 aromatic heterocycles. The van der Waals surface area contributed by atoms with Gasteiger partial charge in [0.05, 0.1) is 12.1 Å². The molecule has 0 bridgehead atoms. The molecule has 8 nitrogen and oxygen atoms in total. The van der Waals surface area contributed by atoms with Gasteiger partial charge >= 0.3 is 0 Å². The van der Waals surface area contributed by atoms with Crippen LogP contribution >= 0.6 is 0 Å². The number of aliphatic hydroxyl groups excluding tert-OH is 1. The fraction of sp³-hybridized carbons (Fsp3) is 0.357. The van der Waals surface area contributed by atoms with Crippen LogP contribution in [0.15, 0.2) is 66.7 Å². The Kier molecular flexibility index (Phi) is 10.2. The number of hydrogen-bond donors (Lipinski definition) is 4. The van der Waals surface area contributed by atoms with Crippen LogP contribution in [0.25, 0.3) is 6.08 Å². The average Bonchev–Trinajstić information content (AvgIpc) is 2.90. The van der Waals surface area contributed by atoms with Gasteiger partial charge in [-0.1, -0.05) is 72.8 Å². The van der Waals surface area contributed by atoms with Crippen LogP contribution in [0.1, 0.15) is 36.8 Å². The van der Waals surface area contributed by atoms with Crippen molar-refractivity contribution in [1.82, 2.24) is 16.0 Å². The predicted octanol–water partition coefficient (Wildman–Crippen LogP) is 2.10. The van der Waals surface area contributed by atoms with Crippen molar-refractivity contribution < 1.29 is 19.5 Å². The third-order valence-corrected chi connectivity index (χ3v) is 6.13. The summed E-state index contributed by atoms with van der Waals surface area (Å²) in [6.45, 7) is 0.594. The van der Waals surface area contributed by atoms with Gasteiger partial charge < -0.3 is 21.1 Å². The second kappa shape index (κ2) is 13.8. The van der Waals surface area contributed by atoms with Crippen LogP contribution in [-0.2, 0) is 20.8 Å². The molecule has 4 atom stereocenters. The van der Waals surface area contributed by atoms with Crippen LogP contribution in [0.3, 0.4) is 0 Å². The Morgan fingerprint density at radius 3 is 2.47 bits per heavy atom. The number of nitrogens with zero attached hydrogens (tertiary/aromatic N) is 1. The Balaban J connectivity index is 1.69. The number of carbonyl (C=O) groups is 3. The smallest absolute Gasteiger partial charge is 0.243 e. The van der Waals surface area contributed by atoms with E-state index >= 15 is 0 Å². The largest absolute Gasteiger partial charge is 0.376 e. The lowest BCUT2D eigenvalue weighted by atomic mass is 9.89. The molecule has 1 aliphatic rings. The number of rotatable bonds is 11. The van der Waals surface area contributed by atoms with Gasteiger partial charge in [-0.2, -0.15) is 5.26 Å². The lowest BCUT2D eigenvalue weighted by Gasteiger charge is -2.29. The molecule has 2 aromatic rings. The van der Waals surface area contributed by atoms with Gasteiger partial charge in [-0.05, 0) is 30.4 Å². The van der Waals surface area contributed by atoms with Gasteiger partial charge in [0.25, 0.3) is 0 Å². The highest BCUT2D eigenvalue weighted by Gasteiger charge is 2.32. The fourth-order valence-corrected chi connectivity index (χ4v) is 4.19. The molecular formula is C28H32N4O4. The molecule has 0 spiro atoms.